The van der Waals surface area contributed by atoms with E-state index in [1.807, 2.05) is 0 Å². The van der Waals surface area contributed by atoms with Gasteiger partial charge >= 0.3 is 0 Å². The van der Waals surface area contributed by atoms with Crippen LogP contribution in [0.1, 0.15) is 22.6 Å². The van der Waals surface area contributed by atoms with Gasteiger partial charge in [-0.05, 0) is 12.8 Å². The number of carbonyl (C=O) groups excluding carboxylic acids is 2. The maximum Gasteiger partial charge on any atom is 0.282 e. The highest BCUT2D eigenvalue weighted by Crippen LogP contribution is 2.14. The standard InChI is InChI=1S/C9H13N5O2S/c1-10-9-14-13-8(17-9)7(16)12-5-3-2-4-11-6(5)15/h5H,2-4H2,1H3,(H,10,14)(H,11,15)(H,12,16). The van der Waals surface area contributed by atoms with Crippen molar-refractivity contribution in [3.63, 3.8) is 0 Å². The van der Waals surface area contributed by atoms with Crippen LogP contribution in [-0.4, -0.2) is 41.6 Å². The third-order valence-corrected chi connectivity index (χ3v) is 3.36. The summed E-state index contributed by atoms with van der Waals surface area (Å²) in [7, 11) is 1.71. The number of anilines is 1. The minimum absolute atomic E-state index is 0.136. The second-order valence-electron chi connectivity index (χ2n) is 3.62. The monoisotopic (exact) mass is 255 g/mol. The highest BCUT2D eigenvalue weighted by Gasteiger charge is 2.25. The Morgan fingerprint density at radius 2 is 2.35 bits per heavy atom. The first-order valence-corrected chi connectivity index (χ1v) is 6.12. The van der Waals surface area contributed by atoms with Crippen LogP contribution in [0.3, 0.4) is 0 Å². The Kier molecular flexibility index (Phi) is 3.52. The molecule has 2 rings (SSSR count). The van der Waals surface area contributed by atoms with Gasteiger partial charge in [-0.2, -0.15) is 0 Å². The Bertz CT molecular complexity index is 433. The lowest BCUT2D eigenvalue weighted by Crippen LogP contribution is -2.50. The highest BCUT2D eigenvalue weighted by molar-refractivity contribution is 7.17. The molecule has 0 bridgehead atoms. The summed E-state index contributed by atoms with van der Waals surface area (Å²) in [6, 6.07) is -0.460. The van der Waals surface area contributed by atoms with Gasteiger partial charge in [0.2, 0.25) is 16.0 Å². The fourth-order valence-electron chi connectivity index (χ4n) is 1.55. The molecule has 3 N–H and O–H groups in total. The van der Waals surface area contributed by atoms with Gasteiger partial charge < -0.3 is 16.0 Å². The van der Waals surface area contributed by atoms with Crippen molar-refractivity contribution in [1.82, 2.24) is 20.8 Å². The predicted molar refractivity (Wildman–Crippen MR) is 63.0 cm³/mol. The van der Waals surface area contributed by atoms with Gasteiger partial charge in [-0.15, -0.1) is 10.2 Å². The highest BCUT2D eigenvalue weighted by atomic mass is 32.1. The summed E-state index contributed by atoms with van der Waals surface area (Å²) in [5, 5.41) is 16.5. The van der Waals surface area contributed by atoms with Crippen LogP contribution < -0.4 is 16.0 Å². The summed E-state index contributed by atoms with van der Waals surface area (Å²) in [5.41, 5.74) is 0. The molecule has 0 spiro atoms. The summed E-state index contributed by atoms with van der Waals surface area (Å²) in [6.07, 6.45) is 1.53. The van der Waals surface area contributed by atoms with Gasteiger partial charge in [0, 0.05) is 13.6 Å². The molecule has 1 aliphatic heterocycles. The Balaban J connectivity index is 1.98. The number of nitrogens with zero attached hydrogens (tertiary/aromatic N) is 2. The molecule has 7 nitrogen and oxygen atoms in total. The summed E-state index contributed by atoms with van der Waals surface area (Å²) in [6.45, 7) is 0.675. The number of amides is 2. The van der Waals surface area contributed by atoms with E-state index in [1.165, 1.54) is 0 Å². The quantitative estimate of drug-likeness (QED) is 0.682. The van der Waals surface area contributed by atoms with Crippen molar-refractivity contribution < 1.29 is 9.59 Å². The zero-order chi connectivity index (χ0) is 12.3. The third kappa shape index (κ3) is 2.70. The van der Waals surface area contributed by atoms with Crippen molar-refractivity contribution in [3.8, 4) is 0 Å². The summed E-state index contributed by atoms with van der Waals surface area (Å²) in [4.78, 5) is 23.2. The van der Waals surface area contributed by atoms with Gasteiger partial charge in [-0.3, -0.25) is 9.59 Å². The van der Waals surface area contributed by atoms with Gasteiger partial charge in [0.25, 0.3) is 5.91 Å². The second kappa shape index (κ2) is 5.09. The number of nitrogens with one attached hydrogen (secondary N) is 3. The van der Waals surface area contributed by atoms with Crippen molar-refractivity contribution in [3.05, 3.63) is 5.01 Å². The molecule has 92 valence electrons. The molecule has 0 radical (unpaired) electrons. The summed E-state index contributed by atoms with van der Waals surface area (Å²) in [5.74, 6) is -0.492. The van der Waals surface area contributed by atoms with Crippen LogP contribution in [0.4, 0.5) is 5.13 Å². The SMILES string of the molecule is CNc1nnc(C(=O)NC2CCCNC2=O)s1. The first-order chi connectivity index (χ1) is 8.20. The average molecular weight is 255 g/mol. The molecule has 1 unspecified atom stereocenters. The van der Waals surface area contributed by atoms with Gasteiger partial charge in [0.05, 0.1) is 0 Å². The van der Waals surface area contributed by atoms with Crippen LogP contribution in [-0.2, 0) is 4.79 Å². The lowest BCUT2D eigenvalue weighted by Gasteiger charge is -2.22. The first-order valence-electron chi connectivity index (χ1n) is 5.30. The van der Waals surface area contributed by atoms with E-state index in [1.54, 1.807) is 7.05 Å². The predicted octanol–water partition coefficient (Wildman–Crippen LogP) is -0.412. The molecule has 1 aliphatic rings. The van der Waals surface area contributed by atoms with E-state index in [-0.39, 0.29) is 16.8 Å². The molecular weight excluding hydrogens is 242 g/mol. The molecule has 0 aliphatic carbocycles. The lowest BCUT2D eigenvalue weighted by molar-refractivity contribution is -0.124. The second-order valence-corrected chi connectivity index (χ2v) is 4.60. The molecular formula is C9H13N5O2S. The molecule has 1 fully saturated rings. The molecule has 2 amide bonds. The van der Waals surface area contributed by atoms with E-state index in [4.69, 9.17) is 0 Å². The van der Waals surface area contributed by atoms with E-state index in [2.05, 4.69) is 26.1 Å². The Morgan fingerprint density at radius 1 is 1.53 bits per heavy atom. The summed E-state index contributed by atoms with van der Waals surface area (Å²) < 4.78 is 0. The molecule has 1 aromatic heterocycles. The zero-order valence-electron chi connectivity index (χ0n) is 9.32. The molecule has 1 aromatic rings. The smallest absolute Gasteiger partial charge is 0.282 e. The Labute approximate surface area is 102 Å². The normalized spacial score (nSPS) is 19.6. The number of piperidine rings is 1. The maximum absolute atomic E-state index is 11.8. The minimum Gasteiger partial charge on any atom is -0.363 e. The van der Waals surface area contributed by atoms with Crippen LogP contribution in [0.15, 0.2) is 0 Å². The van der Waals surface area contributed by atoms with Crippen molar-refractivity contribution in [2.75, 3.05) is 18.9 Å². The van der Waals surface area contributed by atoms with Crippen molar-refractivity contribution >= 4 is 28.3 Å². The summed E-state index contributed by atoms with van der Waals surface area (Å²) >= 11 is 1.15. The van der Waals surface area contributed by atoms with E-state index in [9.17, 15) is 9.59 Å². The zero-order valence-corrected chi connectivity index (χ0v) is 10.1. The molecule has 1 saturated heterocycles. The molecule has 0 aromatic carbocycles. The van der Waals surface area contributed by atoms with Gasteiger partial charge in [0.1, 0.15) is 6.04 Å². The molecule has 8 heteroatoms. The molecule has 0 saturated carbocycles. The van der Waals surface area contributed by atoms with Crippen LogP contribution in [0.5, 0.6) is 0 Å². The van der Waals surface area contributed by atoms with Crippen molar-refractivity contribution in [2.24, 2.45) is 0 Å². The number of hydrogen-bond donors (Lipinski definition) is 3. The number of aromatic nitrogens is 2. The van der Waals surface area contributed by atoms with Gasteiger partial charge in [-0.25, -0.2) is 0 Å². The van der Waals surface area contributed by atoms with Gasteiger partial charge in [0.15, 0.2) is 0 Å². The van der Waals surface area contributed by atoms with E-state index >= 15 is 0 Å². The van der Waals surface area contributed by atoms with Crippen molar-refractivity contribution in [2.45, 2.75) is 18.9 Å². The first kappa shape index (κ1) is 11.8. The Hall–Kier alpha value is -1.70. The molecule has 2 heterocycles. The maximum atomic E-state index is 11.8. The van der Waals surface area contributed by atoms with E-state index in [0.29, 0.717) is 18.1 Å². The number of carbonyl (C=O) groups is 2. The van der Waals surface area contributed by atoms with Crippen LogP contribution in [0.25, 0.3) is 0 Å². The third-order valence-electron chi connectivity index (χ3n) is 2.42. The number of hydrogen-bond acceptors (Lipinski definition) is 6. The van der Waals surface area contributed by atoms with Crippen LogP contribution in [0, 0.1) is 0 Å². The van der Waals surface area contributed by atoms with Crippen molar-refractivity contribution in [1.29, 1.82) is 0 Å². The topological polar surface area (TPSA) is 96.0 Å². The largest absolute Gasteiger partial charge is 0.363 e. The molecule has 1 atom stereocenters. The fraction of sp³-hybridized carbons (Fsp3) is 0.556. The lowest BCUT2D eigenvalue weighted by atomic mass is 10.1. The van der Waals surface area contributed by atoms with Crippen LogP contribution >= 0.6 is 11.3 Å². The minimum atomic E-state index is -0.460. The Morgan fingerprint density at radius 3 is 3.00 bits per heavy atom. The van der Waals surface area contributed by atoms with Gasteiger partial charge in [-0.1, -0.05) is 11.3 Å². The number of rotatable bonds is 3. The average Bonchev–Trinajstić information content (AvgIpc) is 2.81. The van der Waals surface area contributed by atoms with Crippen LogP contribution in [0.2, 0.25) is 0 Å². The van der Waals surface area contributed by atoms with E-state index in [0.717, 1.165) is 17.8 Å². The van der Waals surface area contributed by atoms with E-state index < -0.39 is 6.04 Å². The fourth-order valence-corrected chi connectivity index (χ4v) is 2.15. The molecule has 17 heavy (non-hydrogen) atoms.